The van der Waals surface area contributed by atoms with E-state index in [1.165, 1.54) is 6.07 Å². The normalized spacial score (nSPS) is 11.1. The summed E-state index contributed by atoms with van der Waals surface area (Å²) in [6.45, 7) is 0.109. The number of nitrogens with one attached hydrogen (secondary N) is 2. The lowest BCUT2D eigenvalue weighted by atomic mass is 10.2. The Labute approximate surface area is 107 Å². The molecule has 2 aromatic rings. The average molecular weight is 266 g/mol. The number of imidazole rings is 1. The quantitative estimate of drug-likeness (QED) is 0.348. The summed E-state index contributed by atoms with van der Waals surface area (Å²) in [6, 6.07) is 4.69. The maximum absolute atomic E-state index is 11.7. The molecule has 0 aliphatic rings. The first kappa shape index (κ1) is 13.3. The second kappa shape index (κ2) is 5.68. The van der Waals surface area contributed by atoms with Crippen LogP contribution in [0.15, 0.2) is 23.0 Å². The fraction of sp³-hybridized carbons (Fsp3) is 0.333. The highest BCUT2D eigenvalue weighted by Gasteiger charge is 2.09. The van der Waals surface area contributed by atoms with E-state index < -0.39 is 12.3 Å². The molecule has 0 bridgehead atoms. The average Bonchev–Trinajstić information content (AvgIpc) is 2.73. The Morgan fingerprint density at radius 1 is 1.26 bits per heavy atom. The molecule has 0 amide bonds. The number of rotatable bonds is 5. The molecule has 0 fully saturated rings. The number of fused-ring (bicyclic) bond motifs is 1. The van der Waals surface area contributed by atoms with Crippen LogP contribution in [0.5, 0.6) is 0 Å². The van der Waals surface area contributed by atoms with Crippen molar-refractivity contribution < 1.29 is 19.7 Å². The molecule has 0 radical (unpaired) electrons. The third-order valence-corrected chi connectivity index (χ3v) is 2.59. The van der Waals surface area contributed by atoms with Crippen LogP contribution in [0.3, 0.4) is 0 Å². The number of hydrogen-bond acceptors (Lipinski definition) is 5. The van der Waals surface area contributed by atoms with Gasteiger partial charge >= 0.3 is 11.7 Å². The van der Waals surface area contributed by atoms with Gasteiger partial charge in [-0.1, -0.05) is 0 Å². The first-order chi connectivity index (χ1) is 9.06. The molecule has 0 spiro atoms. The van der Waals surface area contributed by atoms with Gasteiger partial charge in [0.1, 0.15) is 0 Å². The van der Waals surface area contributed by atoms with Crippen LogP contribution >= 0.6 is 0 Å². The number of benzene rings is 1. The Hall–Kier alpha value is -2.12. The number of aliphatic hydroxyl groups is 2. The number of hydrogen-bond donors (Lipinski definition) is 4. The fourth-order valence-corrected chi connectivity index (χ4v) is 1.67. The van der Waals surface area contributed by atoms with Gasteiger partial charge in [0, 0.05) is 6.42 Å². The number of carbonyl (C=O) groups excluding carboxylic acids is 1. The minimum absolute atomic E-state index is 0.109. The summed E-state index contributed by atoms with van der Waals surface area (Å²) in [5, 5.41) is 17.3. The molecular weight excluding hydrogens is 252 g/mol. The van der Waals surface area contributed by atoms with E-state index in [1.54, 1.807) is 12.1 Å². The number of aliphatic hydroxyl groups excluding tert-OH is 1. The van der Waals surface area contributed by atoms with Crippen LogP contribution in [-0.4, -0.2) is 39.0 Å². The van der Waals surface area contributed by atoms with Crippen LogP contribution in [0.25, 0.3) is 11.0 Å². The van der Waals surface area contributed by atoms with Crippen LogP contribution in [0, 0.1) is 0 Å². The topological polar surface area (TPSA) is 115 Å². The minimum Gasteiger partial charge on any atom is -0.462 e. The number of esters is 1. The van der Waals surface area contributed by atoms with Gasteiger partial charge in [-0.2, -0.15) is 0 Å². The van der Waals surface area contributed by atoms with Crippen LogP contribution < -0.4 is 5.69 Å². The molecule has 1 aromatic carbocycles. The van der Waals surface area contributed by atoms with Crippen LogP contribution in [0.4, 0.5) is 0 Å². The lowest BCUT2D eigenvalue weighted by molar-refractivity contribution is -0.0493. The zero-order valence-electron chi connectivity index (χ0n) is 10.0. The summed E-state index contributed by atoms with van der Waals surface area (Å²) in [7, 11) is 0. The lowest BCUT2D eigenvalue weighted by Gasteiger charge is -2.05. The Balaban J connectivity index is 1.99. The summed E-state index contributed by atoms with van der Waals surface area (Å²) in [4.78, 5) is 27.9. The van der Waals surface area contributed by atoms with Crippen LogP contribution in [-0.2, 0) is 4.74 Å². The minimum atomic E-state index is -1.39. The third kappa shape index (κ3) is 3.43. The van der Waals surface area contributed by atoms with Gasteiger partial charge in [-0.25, -0.2) is 9.59 Å². The molecule has 7 heteroatoms. The second-order valence-electron chi connectivity index (χ2n) is 4.10. The van der Waals surface area contributed by atoms with Gasteiger partial charge in [-0.3, -0.25) is 0 Å². The first-order valence-electron chi connectivity index (χ1n) is 5.81. The summed E-state index contributed by atoms with van der Waals surface area (Å²) in [5.74, 6) is -0.517. The number of carbonyl (C=O) groups is 1. The van der Waals surface area contributed by atoms with E-state index in [9.17, 15) is 9.59 Å². The van der Waals surface area contributed by atoms with Gasteiger partial charge in [-0.15, -0.1) is 0 Å². The summed E-state index contributed by atoms with van der Waals surface area (Å²) in [5.41, 5.74) is 1.14. The van der Waals surface area contributed by atoms with Crippen molar-refractivity contribution in [2.45, 2.75) is 19.1 Å². The van der Waals surface area contributed by atoms with Crippen molar-refractivity contribution in [3.05, 3.63) is 34.2 Å². The number of aromatic nitrogens is 2. The van der Waals surface area contributed by atoms with Gasteiger partial charge in [0.25, 0.3) is 0 Å². The van der Waals surface area contributed by atoms with E-state index in [4.69, 9.17) is 14.9 Å². The Kier molecular flexibility index (Phi) is 3.98. The van der Waals surface area contributed by atoms with Crippen molar-refractivity contribution in [2.24, 2.45) is 0 Å². The van der Waals surface area contributed by atoms with Gasteiger partial charge in [0.15, 0.2) is 6.29 Å². The smallest absolute Gasteiger partial charge is 0.338 e. The van der Waals surface area contributed by atoms with Gasteiger partial charge in [-0.05, 0) is 24.6 Å². The molecule has 0 saturated carbocycles. The highest BCUT2D eigenvalue weighted by molar-refractivity contribution is 5.93. The van der Waals surface area contributed by atoms with Crippen molar-refractivity contribution in [1.82, 2.24) is 9.97 Å². The van der Waals surface area contributed by atoms with Crippen molar-refractivity contribution in [1.29, 1.82) is 0 Å². The van der Waals surface area contributed by atoms with Crippen molar-refractivity contribution in [3.63, 3.8) is 0 Å². The maximum atomic E-state index is 11.7. The molecule has 2 rings (SSSR count). The number of H-pyrrole nitrogens is 2. The lowest BCUT2D eigenvalue weighted by Crippen LogP contribution is -2.10. The van der Waals surface area contributed by atoms with E-state index in [2.05, 4.69) is 9.97 Å². The summed E-state index contributed by atoms with van der Waals surface area (Å²) >= 11 is 0. The van der Waals surface area contributed by atoms with Crippen LogP contribution in [0.1, 0.15) is 23.2 Å². The Bertz CT molecular complexity index is 628. The standard InChI is InChI=1S/C12H14N2O5/c15-10(16)2-1-5-19-11(17)7-3-4-8-9(6-7)14-12(18)13-8/h3-4,6,10,15-16H,1-2,5H2,(H2,13,14,18). The van der Waals surface area contributed by atoms with Crippen molar-refractivity contribution in [2.75, 3.05) is 6.61 Å². The number of aromatic amines is 2. The van der Waals surface area contributed by atoms with Crippen LogP contribution in [0.2, 0.25) is 0 Å². The zero-order chi connectivity index (χ0) is 13.8. The first-order valence-corrected chi connectivity index (χ1v) is 5.81. The molecule has 4 N–H and O–H groups in total. The van der Waals surface area contributed by atoms with Gasteiger partial charge in [0.05, 0.1) is 23.2 Å². The van der Waals surface area contributed by atoms with Gasteiger partial charge < -0.3 is 24.9 Å². The Morgan fingerprint density at radius 2 is 2.00 bits per heavy atom. The highest BCUT2D eigenvalue weighted by atomic mass is 16.5. The Morgan fingerprint density at radius 3 is 2.74 bits per heavy atom. The van der Waals surface area contributed by atoms with E-state index >= 15 is 0 Å². The van der Waals surface area contributed by atoms with E-state index in [-0.39, 0.29) is 18.7 Å². The zero-order valence-corrected chi connectivity index (χ0v) is 10.0. The fourth-order valence-electron chi connectivity index (χ4n) is 1.67. The SMILES string of the molecule is O=C(OCCCC(O)O)c1ccc2[nH]c(=O)[nH]c2c1. The highest BCUT2D eigenvalue weighted by Crippen LogP contribution is 2.11. The third-order valence-electron chi connectivity index (χ3n) is 2.59. The van der Waals surface area contributed by atoms with Crippen molar-refractivity contribution >= 4 is 17.0 Å². The van der Waals surface area contributed by atoms with E-state index in [1.807, 2.05) is 0 Å². The molecular formula is C12H14N2O5. The van der Waals surface area contributed by atoms with Gasteiger partial charge in [0.2, 0.25) is 0 Å². The van der Waals surface area contributed by atoms with E-state index in [0.717, 1.165) is 0 Å². The molecule has 0 aliphatic carbocycles. The molecule has 7 nitrogen and oxygen atoms in total. The summed E-state index contributed by atoms with van der Waals surface area (Å²) in [6.07, 6.45) is -0.871. The molecule has 1 aromatic heterocycles. The van der Waals surface area contributed by atoms with E-state index in [0.29, 0.717) is 23.0 Å². The molecule has 102 valence electrons. The van der Waals surface area contributed by atoms with Crippen molar-refractivity contribution in [3.8, 4) is 0 Å². The summed E-state index contributed by atoms with van der Waals surface area (Å²) < 4.78 is 4.97. The number of ether oxygens (including phenoxy) is 1. The predicted molar refractivity (Wildman–Crippen MR) is 66.7 cm³/mol. The monoisotopic (exact) mass is 266 g/mol. The maximum Gasteiger partial charge on any atom is 0.338 e. The molecule has 0 unspecified atom stereocenters. The molecule has 19 heavy (non-hydrogen) atoms. The molecule has 1 heterocycles. The molecule has 0 atom stereocenters. The largest absolute Gasteiger partial charge is 0.462 e. The molecule has 0 aliphatic heterocycles. The second-order valence-corrected chi connectivity index (χ2v) is 4.10. The molecule has 0 saturated heterocycles. The predicted octanol–water partition coefficient (Wildman–Crippen LogP) is 0.104.